The summed E-state index contributed by atoms with van der Waals surface area (Å²) >= 11 is 0. The molecule has 1 saturated carbocycles. The fraction of sp³-hybridized carbons (Fsp3) is 0.548. The number of carbonyl (C=O) groups is 2. The first-order valence-electron chi connectivity index (χ1n) is 13.9. The smallest absolute Gasteiger partial charge is 0.222 e. The van der Waals surface area contributed by atoms with Crippen molar-refractivity contribution in [2.24, 2.45) is 0 Å². The van der Waals surface area contributed by atoms with E-state index in [1.165, 1.54) is 30.2 Å². The average molecular weight is 544 g/mol. The minimum atomic E-state index is -1.02. The van der Waals surface area contributed by atoms with Gasteiger partial charge in [-0.1, -0.05) is 64.3 Å². The highest BCUT2D eigenvalue weighted by Gasteiger charge is 2.35. The Balaban J connectivity index is 1.80. The highest BCUT2D eigenvalue weighted by molar-refractivity contribution is 5.78. The van der Waals surface area contributed by atoms with E-state index in [2.05, 4.69) is 61.0 Å². The van der Waals surface area contributed by atoms with Crippen LogP contribution < -0.4 is 16.0 Å². The van der Waals surface area contributed by atoms with Crippen LogP contribution in [0.25, 0.3) is 0 Å². The summed E-state index contributed by atoms with van der Waals surface area (Å²) in [5.41, 5.74) is 2.45. The monoisotopic (exact) mass is 543 g/mol. The fourth-order valence-electron chi connectivity index (χ4n) is 5.35. The Kier molecular flexibility index (Phi) is 10.6. The van der Waals surface area contributed by atoms with Crippen molar-refractivity contribution >= 4 is 11.8 Å². The Morgan fingerprint density at radius 1 is 1.03 bits per heavy atom. The molecule has 2 aromatic rings. The molecule has 39 heavy (non-hydrogen) atoms. The molecule has 0 spiro atoms. The summed E-state index contributed by atoms with van der Waals surface area (Å²) in [5, 5.41) is 20.4. The van der Waals surface area contributed by atoms with Crippen molar-refractivity contribution in [2.75, 3.05) is 13.1 Å². The van der Waals surface area contributed by atoms with Gasteiger partial charge >= 0.3 is 0 Å². The topological polar surface area (TPSA) is 90.5 Å². The van der Waals surface area contributed by atoms with Gasteiger partial charge in [0, 0.05) is 38.0 Å². The van der Waals surface area contributed by atoms with Gasteiger partial charge in [-0.2, -0.15) is 0 Å². The van der Waals surface area contributed by atoms with Crippen LogP contribution in [0.3, 0.4) is 0 Å². The van der Waals surface area contributed by atoms with E-state index >= 15 is 0 Å². The summed E-state index contributed by atoms with van der Waals surface area (Å²) < 4.78 is 27.8. The van der Waals surface area contributed by atoms with Crippen LogP contribution in [0.2, 0.25) is 0 Å². The predicted octanol–water partition coefficient (Wildman–Crippen LogP) is 4.63. The summed E-state index contributed by atoms with van der Waals surface area (Å²) in [4.78, 5) is 23.8. The largest absolute Gasteiger partial charge is 0.390 e. The molecule has 3 rings (SSSR count). The van der Waals surface area contributed by atoms with Gasteiger partial charge in [-0.3, -0.25) is 9.59 Å². The number of hydrogen-bond acceptors (Lipinski definition) is 4. The maximum atomic E-state index is 13.9. The third-order valence-electron chi connectivity index (χ3n) is 7.55. The molecule has 1 aliphatic carbocycles. The van der Waals surface area contributed by atoms with Crippen molar-refractivity contribution in [3.05, 3.63) is 70.8 Å². The van der Waals surface area contributed by atoms with E-state index in [1.807, 2.05) is 0 Å². The molecular formula is C31H43F2N3O3. The Bertz CT molecular complexity index is 1110. The van der Waals surface area contributed by atoms with Crippen LogP contribution in [0.5, 0.6) is 0 Å². The average Bonchev–Trinajstić information content (AvgIpc) is 2.86. The molecule has 0 aromatic heterocycles. The van der Waals surface area contributed by atoms with Crippen LogP contribution in [0.4, 0.5) is 8.78 Å². The first-order chi connectivity index (χ1) is 18.4. The summed E-state index contributed by atoms with van der Waals surface area (Å²) in [6.07, 6.45) is 4.19. The van der Waals surface area contributed by atoms with Gasteiger partial charge in [-0.15, -0.1) is 0 Å². The number of aliphatic hydroxyl groups is 1. The lowest BCUT2D eigenvalue weighted by Gasteiger charge is -2.41. The van der Waals surface area contributed by atoms with Gasteiger partial charge in [-0.25, -0.2) is 8.78 Å². The van der Waals surface area contributed by atoms with E-state index in [4.69, 9.17) is 0 Å². The molecular weight excluding hydrogens is 500 g/mol. The summed E-state index contributed by atoms with van der Waals surface area (Å²) in [7, 11) is 0. The van der Waals surface area contributed by atoms with Crippen molar-refractivity contribution < 1.29 is 23.5 Å². The third kappa shape index (κ3) is 9.11. The minimum absolute atomic E-state index is 0.00175. The van der Waals surface area contributed by atoms with Crippen LogP contribution >= 0.6 is 0 Å². The first-order valence-corrected chi connectivity index (χ1v) is 13.9. The van der Waals surface area contributed by atoms with E-state index in [9.17, 15) is 23.5 Å². The van der Waals surface area contributed by atoms with Gasteiger partial charge in [0.05, 0.1) is 12.1 Å². The Morgan fingerprint density at radius 2 is 1.69 bits per heavy atom. The maximum absolute atomic E-state index is 13.9. The quantitative estimate of drug-likeness (QED) is 0.333. The molecule has 2 amide bonds. The molecule has 0 aliphatic heterocycles. The molecule has 8 heteroatoms. The second-order valence-electron chi connectivity index (χ2n) is 11.8. The molecule has 0 unspecified atom stereocenters. The van der Waals surface area contributed by atoms with E-state index in [-0.39, 0.29) is 48.7 Å². The Hall–Kier alpha value is -2.84. The molecule has 1 aliphatic rings. The SMILES string of the molecule is CC(=O)NCCC(=O)N[C@@H](Cc1cc(F)cc(F)c1)[C@@H](O)CNC1(c2cccc(C(C)(C)C)c2)CCCCC1. The lowest BCUT2D eigenvalue weighted by Crippen LogP contribution is -2.53. The molecule has 0 heterocycles. The van der Waals surface area contributed by atoms with Crippen LogP contribution in [-0.4, -0.2) is 42.2 Å². The van der Waals surface area contributed by atoms with Gasteiger partial charge < -0.3 is 21.1 Å². The number of aliphatic hydroxyl groups excluding tert-OH is 1. The lowest BCUT2D eigenvalue weighted by atomic mass is 9.74. The molecule has 0 radical (unpaired) electrons. The number of hydrogen-bond donors (Lipinski definition) is 4. The van der Waals surface area contributed by atoms with Crippen molar-refractivity contribution in [3.63, 3.8) is 0 Å². The van der Waals surface area contributed by atoms with Crippen LogP contribution in [0.1, 0.15) is 82.9 Å². The summed E-state index contributed by atoms with van der Waals surface area (Å²) in [6, 6.07) is 11.0. The zero-order valence-electron chi connectivity index (χ0n) is 23.6. The molecule has 2 atom stereocenters. The van der Waals surface area contributed by atoms with Crippen LogP contribution in [0.15, 0.2) is 42.5 Å². The number of nitrogens with one attached hydrogen (secondary N) is 3. The summed E-state index contributed by atoms with van der Waals surface area (Å²) in [5.74, 6) is -2.04. The van der Waals surface area contributed by atoms with E-state index in [0.717, 1.165) is 38.2 Å². The highest BCUT2D eigenvalue weighted by Crippen LogP contribution is 2.38. The van der Waals surface area contributed by atoms with Crippen molar-refractivity contribution in [1.82, 2.24) is 16.0 Å². The second kappa shape index (κ2) is 13.5. The molecule has 214 valence electrons. The number of benzene rings is 2. The van der Waals surface area contributed by atoms with Crippen molar-refractivity contribution in [1.29, 1.82) is 0 Å². The number of halogens is 2. The van der Waals surface area contributed by atoms with Crippen molar-refractivity contribution in [2.45, 2.75) is 95.7 Å². The highest BCUT2D eigenvalue weighted by atomic mass is 19.1. The Morgan fingerprint density at radius 3 is 2.31 bits per heavy atom. The maximum Gasteiger partial charge on any atom is 0.222 e. The zero-order valence-corrected chi connectivity index (χ0v) is 23.6. The van der Waals surface area contributed by atoms with E-state index < -0.39 is 23.8 Å². The summed E-state index contributed by atoms with van der Waals surface area (Å²) in [6.45, 7) is 8.27. The van der Waals surface area contributed by atoms with Gasteiger partial charge in [-0.05, 0) is 53.5 Å². The molecule has 1 fully saturated rings. The van der Waals surface area contributed by atoms with Crippen LogP contribution in [0, 0.1) is 11.6 Å². The molecule has 2 aromatic carbocycles. The predicted molar refractivity (Wildman–Crippen MR) is 149 cm³/mol. The molecule has 0 bridgehead atoms. The standard InChI is InChI=1S/C31H43F2N3O3/c1-21(37)34-14-11-29(39)36-27(17-22-15-25(32)19-26(33)16-22)28(38)20-35-31(12-6-5-7-13-31)24-10-8-9-23(18-24)30(2,3)4/h8-10,15-16,18-19,27-28,35,38H,5-7,11-14,17,20H2,1-4H3,(H,34,37)(H,36,39)/t27-,28-/m0/s1. The van der Waals surface area contributed by atoms with Gasteiger partial charge in [0.2, 0.25) is 11.8 Å². The zero-order chi connectivity index (χ0) is 28.6. The van der Waals surface area contributed by atoms with Crippen molar-refractivity contribution in [3.8, 4) is 0 Å². The second-order valence-corrected chi connectivity index (χ2v) is 11.8. The Labute approximate surface area is 231 Å². The van der Waals surface area contributed by atoms with Crippen LogP contribution in [-0.2, 0) is 27.0 Å². The normalized spacial score (nSPS) is 16.8. The number of rotatable bonds is 11. The molecule has 4 N–H and O–H groups in total. The third-order valence-corrected chi connectivity index (χ3v) is 7.55. The minimum Gasteiger partial charge on any atom is -0.390 e. The number of amides is 2. The number of carbonyl (C=O) groups excluding carboxylic acids is 2. The van der Waals surface area contributed by atoms with Gasteiger partial charge in [0.15, 0.2) is 0 Å². The molecule has 0 saturated heterocycles. The lowest BCUT2D eigenvalue weighted by molar-refractivity contribution is -0.123. The van der Waals surface area contributed by atoms with E-state index in [1.54, 1.807) is 0 Å². The fourth-order valence-corrected chi connectivity index (χ4v) is 5.35. The van der Waals surface area contributed by atoms with E-state index in [0.29, 0.717) is 5.56 Å². The van der Waals surface area contributed by atoms with Gasteiger partial charge in [0.1, 0.15) is 11.6 Å². The van der Waals surface area contributed by atoms with Gasteiger partial charge in [0.25, 0.3) is 0 Å². The first kappa shape index (κ1) is 30.7. The molecule has 6 nitrogen and oxygen atoms in total.